The second-order valence-corrected chi connectivity index (χ2v) is 5.18. The molecule has 2 saturated carbocycles. The van der Waals surface area contributed by atoms with E-state index in [9.17, 15) is 4.79 Å². The summed E-state index contributed by atoms with van der Waals surface area (Å²) in [6.07, 6.45) is 17.9. The zero-order valence-electron chi connectivity index (χ0n) is 12.6. The quantitative estimate of drug-likeness (QED) is 0.793. The molecule has 0 aromatic heterocycles. The second kappa shape index (κ2) is 11.9. The monoisotopic (exact) mass is 367 g/mol. The van der Waals surface area contributed by atoms with Gasteiger partial charge in [0.25, 0.3) is 0 Å². The molecule has 0 heterocycles. The molecule has 0 amide bonds. The fourth-order valence-corrected chi connectivity index (χ4v) is 2.13. The predicted octanol–water partition coefficient (Wildman–Crippen LogP) is 4.14. The number of hydrogen-bond acceptors (Lipinski definition) is 2. The second-order valence-electron chi connectivity index (χ2n) is 4.75. The first-order valence-corrected chi connectivity index (χ1v) is 7.54. The maximum atomic E-state index is 11.7. The van der Waals surface area contributed by atoms with Crippen LogP contribution in [-0.2, 0) is 21.9 Å². The maximum Gasteiger partial charge on any atom is 2.00 e. The number of halogens is 1. The summed E-state index contributed by atoms with van der Waals surface area (Å²) in [7, 11) is 0. The van der Waals surface area contributed by atoms with Crippen LogP contribution in [0.15, 0.2) is 24.3 Å². The van der Waals surface area contributed by atoms with E-state index >= 15 is 0 Å². The molecule has 118 valence electrons. The molecule has 0 unspecified atom stereocenters. The van der Waals surface area contributed by atoms with Crippen molar-refractivity contribution in [2.24, 2.45) is 0 Å². The third kappa shape index (κ3) is 8.24. The standard InChI is InChI=1S/C14H13ClNO.C5H5.Fe/c15-12-6-3-7-13(10-12)16-9-8-14(17)11-4-1-2-5-11;1-2-4-5-3-1;/h1-7,10,16H,8-9H2;1-5H;/q;;+2. The van der Waals surface area contributed by atoms with Crippen molar-refractivity contribution in [1.82, 2.24) is 0 Å². The number of carbonyl (C=O) groups is 1. The van der Waals surface area contributed by atoms with E-state index in [0.29, 0.717) is 18.0 Å². The number of nitrogens with one attached hydrogen (secondary N) is 1. The number of Topliss-reactive ketones (excluding diaryl/α,β-unsaturated/α-hetero) is 1. The van der Waals surface area contributed by atoms with Crippen LogP contribution in [0.3, 0.4) is 0 Å². The van der Waals surface area contributed by atoms with Gasteiger partial charge in [-0.25, -0.2) is 0 Å². The molecule has 0 spiro atoms. The molecule has 0 saturated heterocycles. The number of rotatable bonds is 5. The van der Waals surface area contributed by atoms with Crippen LogP contribution >= 0.6 is 11.6 Å². The third-order valence-corrected chi connectivity index (χ3v) is 3.28. The van der Waals surface area contributed by atoms with Gasteiger partial charge >= 0.3 is 17.1 Å². The van der Waals surface area contributed by atoms with Gasteiger partial charge in [-0.15, -0.1) is 0 Å². The summed E-state index contributed by atoms with van der Waals surface area (Å²) >= 11 is 5.86. The minimum atomic E-state index is 0. The Morgan fingerprint density at radius 2 is 1.57 bits per heavy atom. The van der Waals surface area contributed by atoms with E-state index in [-0.39, 0.29) is 22.9 Å². The van der Waals surface area contributed by atoms with Gasteiger partial charge in [0.15, 0.2) is 0 Å². The summed E-state index contributed by atoms with van der Waals surface area (Å²) in [4.78, 5) is 11.7. The van der Waals surface area contributed by atoms with Gasteiger partial charge in [0, 0.05) is 29.6 Å². The first-order chi connectivity index (χ1) is 10.8. The largest absolute Gasteiger partial charge is 2.00 e. The summed E-state index contributed by atoms with van der Waals surface area (Å²) < 4.78 is 0. The molecule has 10 radical (unpaired) electrons. The molecule has 0 atom stereocenters. The van der Waals surface area contributed by atoms with Crippen molar-refractivity contribution in [3.63, 3.8) is 0 Å². The molecule has 4 heteroatoms. The summed E-state index contributed by atoms with van der Waals surface area (Å²) in [5, 5.41) is 3.87. The average Bonchev–Trinajstić information content (AvgIpc) is 3.23. The van der Waals surface area contributed by atoms with Crippen molar-refractivity contribution >= 4 is 23.1 Å². The fraction of sp³-hybridized carbons (Fsp3) is 0.105. The van der Waals surface area contributed by atoms with Crippen molar-refractivity contribution in [2.45, 2.75) is 6.42 Å². The molecule has 2 aliphatic carbocycles. The topological polar surface area (TPSA) is 29.1 Å². The molecule has 1 N–H and O–H groups in total. The minimum Gasteiger partial charge on any atom is -0.385 e. The minimum absolute atomic E-state index is 0. The Kier molecular flexibility index (Phi) is 10.7. The van der Waals surface area contributed by atoms with Gasteiger partial charge in [-0.2, -0.15) is 0 Å². The Morgan fingerprint density at radius 1 is 0.957 bits per heavy atom. The normalized spacial score (nSPS) is 17.1. The number of hydrogen-bond donors (Lipinski definition) is 1. The first-order valence-electron chi connectivity index (χ1n) is 7.17. The van der Waals surface area contributed by atoms with Crippen molar-refractivity contribution in [3.05, 3.63) is 93.0 Å². The van der Waals surface area contributed by atoms with Crippen LogP contribution in [0.5, 0.6) is 0 Å². The van der Waals surface area contributed by atoms with E-state index in [2.05, 4.69) is 5.32 Å². The van der Waals surface area contributed by atoms with Crippen LogP contribution in [0.4, 0.5) is 5.69 Å². The van der Waals surface area contributed by atoms with Gasteiger partial charge in [0.05, 0.1) is 0 Å². The van der Waals surface area contributed by atoms with Crippen LogP contribution in [0.1, 0.15) is 6.42 Å². The van der Waals surface area contributed by atoms with Crippen molar-refractivity contribution in [2.75, 3.05) is 11.9 Å². The SMILES string of the molecule is O=C(CCNc1cccc(Cl)c1)[C]1[CH][CH][CH][CH]1.[CH]1[CH][CH][CH][CH]1.[Fe+2]. The van der Waals surface area contributed by atoms with E-state index < -0.39 is 0 Å². The Labute approximate surface area is 156 Å². The van der Waals surface area contributed by atoms with Gasteiger partial charge in [0.1, 0.15) is 5.78 Å². The van der Waals surface area contributed by atoms with Crippen LogP contribution in [0, 0.1) is 63.7 Å². The van der Waals surface area contributed by atoms with Crippen LogP contribution in [0.25, 0.3) is 0 Å². The van der Waals surface area contributed by atoms with Gasteiger partial charge in [-0.1, -0.05) is 17.7 Å². The summed E-state index contributed by atoms with van der Waals surface area (Å²) in [5.41, 5.74) is 0.938. The molecule has 0 aliphatic heterocycles. The Morgan fingerprint density at radius 3 is 2.13 bits per heavy atom. The molecule has 1 aromatic rings. The molecular formula is C19H18ClFeNO+2. The van der Waals surface area contributed by atoms with Crippen molar-refractivity contribution < 1.29 is 21.9 Å². The van der Waals surface area contributed by atoms with Crippen LogP contribution in [0.2, 0.25) is 5.02 Å². The number of ketones is 1. The number of anilines is 1. The smallest absolute Gasteiger partial charge is 0.385 e. The molecule has 2 nitrogen and oxygen atoms in total. The Bertz CT molecular complexity index is 449. The zero-order chi connectivity index (χ0) is 15.6. The van der Waals surface area contributed by atoms with Gasteiger partial charge < -0.3 is 5.32 Å². The van der Waals surface area contributed by atoms with Crippen LogP contribution in [-0.4, -0.2) is 12.3 Å². The van der Waals surface area contributed by atoms with Gasteiger partial charge in [0.2, 0.25) is 0 Å². The van der Waals surface area contributed by atoms with E-state index in [1.54, 1.807) is 0 Å². The predicted molar refractivity (Wildman–Crippen MR) is 91.5 cm³/mol. The molecule has 1 aromatic carbocycles. The summed E-state index contributed by atoms with van der Waals surface area (Å²) in [6.45, 7) is 0.615. The third-order valence-electron chi connectivity index (χ3n) is 3.05. The maximum absolute atomic E-state index is 11.7. The Balaban J connectivity index is 0.000000377. The van der Waals surface area contributed by atoms with Crippen molar-refractivity contribution in [1.29, 1.82) is 0 Å². The van der Waals surface area contributed by atoms with E-state index in [4.69, 9.17) is 11.6 Å². The summed E-state index contributed by atoms with van der Waals surface area (Å²) in [6, 6.07) is 7.47. The molecule has 3 rings (SSSR count). The Hall–Kier alpha value is -0.501. The van der Waals surface area contributed by atoms with Gasteiger partial charge in [-0.3, -0.25) is 4.79 Å². The molecule has 23 heavy (non-hydrogen) atoms. The number of carbonyl (C=O) groups excluding carboxylic acids is 1. The fourth-order valence-electron chi connectivity index (χ4n) is 1.94. The summed E-state index contributed by atoms with van der Waals surface area (Å²) in [5.74, 6) is 0.933. The average molecular weight is 368 g/mol. The van der Waals surface area contributed by atoms with E-state index in [0.717, 1.165) is 11.6 Å². The molecule has 2 fully saturated rings. The zero-order valence-corrected chi connectivity index (χ0v) is 14.4. The first kappa shape index (κ1) is 20.5. The molecule has 0 bridgehead atoms. The number of benzene rings is 1. The molecule has 2 aliphatic rings. The van der Waals surface area contributed by atoms with Crippen molar-refractivity contribution in [3.8, 4) is 0 Å². The molecular weight excluding hydrogens is 350 g/mol. The van der Waals surface area contributed by atoms with E-state index in [1.165, 1.54) is 0 Å². The van der Waals surface area contributed by atoms with Crippen LogP contribution < -0.4 is 5.32 Å². The van der Waals surface area contributed by atoms with Gasteiger partial charge in [-0.05, 0) is 76.0 Å². The van der Waals surface area contributed by atoms with E-state index in [1.807, 2.05) is 82.1 Å².